The highest BCUT2D eigenvalue weighted by molar-refractivity contribution is 9.09. The minimum atomic E-state index is -3.79. The number of carbonyl (C=O) groups excluding carboxylic acids is 1. The van der Waals surface area contributed by atoms with Gasteiger partial charge in [-0.2, -0.15) is 5.26 Å². The van der Waals surface area contributed by atoms with Crippen molar-refractivity contribution < 1.29 is 31.5 Å². The van der Waals surface area contributed by atoms with E-state index in [1.165, 1.54) is 18.2 Å². The lowest BCUT2D eigenvalue weighted by atomic mass is 10.1. The van der Waals surface area contributed by atoms with E-state index in [0.29, 0.717) is 0 Å². The van der Waals surface area contributed by atoms with Crippen LogP contribution in [-0.2, 0) is 19.4 Å². The topological polar surface area (TPSA) is 93.5 Å². The van der Waals surface area contributed by atoms with E-state index in [1.54, 1.807) is 6.07 Å². The molecule has 0 heterocycles. The van der Waals surface area contributed by atoms with Crippen molar-refractivity contribution in [3.63, 3.8) is 0 Å². The molecule has 0 amide bonds. The number of nitriles is 1. The van der Waals surface area contributed by atoms with Gasteiger partial charge in [0.25, 0.3) is 0 Å². The Morgan fingerprint density at radius 2 is 1.93 bits per heavy atom. The van der Waals surface area contributed by atoms with Gasteiger partial charge in [0.15, 0.2) is 22.1 Å². The average molecular weight is 486 g/mol. The number of fused-ring (bicyclic) bond motifs is 1. The minimum Gasteiger partial charge on any atom is -0.457 e. The van der Waals surface area contributed by atoms with Crippen molar-refractivity contribution in [1.29, 1.82) is 5.26 Å². The molecule has 0 saturated heterocycles. The van der Waals surface area contributed by atoms with E-state index in [0.717, 1.165) is 25.3 Å². The van der Waals surface area contributed by atoms with Crippen LogP contribution in [0.15, 0.2) is 35.2 Å². The predicted molar refractivity (Wildman–Crippen MR) is 102 cm³/mol. The third kappa shape index (κ3) is 4.11. The standard InChI is InChI=1S/C19H14BrF2NO5S/c1-9(24)27-19-16-14(29(2,25)26)4-3-13(15(16)17(20)18(19)22)28-12-6-10(8-23)5-11(21)7-12/h3-7,17-19H,1-2H3/t17-,18+,19-/m0/s1. The van der Waals surface area contributed by atoms with Crippen LogP contribution in [0.1, 0.15) is 34.5 Å². The molecule has 0 bridgehead atoms. The molecule has 0 unspecified atom stereocenters. The van der Waals surface area contributed by atoms with E-state index in [4.69, 9.17) is 14.7 Å². The zero-order chi connectivity index (χ0) is 21.5. The molecule has 10 heteroatoms. The Morgan fingerprint density at radius 3 is 2.52 bits per heavy atom. The maximum atomic E-state index is 14.9. The van der Waals surface area contributed by atoms with Gasteiger partial charge in [-0.05, 0) is 24.3 Å². The zero-order valence-electron chi connectivity index (χ0n) is 15.1. The lowest BCUT2D eigenvalue weighted by Gasteiger charge is -2.18. The minimum absolute atomic E-state index is 0.0148. The Balaban J connectivity index is 2.20. The summed E-state index contributed by atoms with van der Waals surface area (Å²) in [5.74, 6) is -1.47. The molecule has 1 aliphatic carbocycles. The van der Waals surface area contributed by atoms with Gasteiger partial charge in [-0.1, -0.05) is 15.9 Å². The van der Waals surface area contributed by atoms with Crippen LogP contribution in [0.5, 0.6) is 11.5 Å². The molecule has 0 fully saturated rings. The highest BCUT2D eigenvalue weighted by Crippen LogP contribution is 2.54. The van der Waals surface area contributed by atoms with E-state index in [2.05, 4.69) is 15.9 Å². The van der Waals surface area contributed by atoms with Crippen molar-refractivity contribution in [3.05, 3.63) is 52.8 Å². The Morgan fingerprint density at radius 1 is 1.24 bits per heavy atom. The molecule has 3 atom stereocenters. The summed E-state index contributed by atoms with van der Waals surface area (Å²) in [7, 11) is -3.79. The smallest absolute Gasteiger partial charge is 0.303 e. The number of halogens is 3. The third-order valence-corrected chi connectivity index (χ3v) is 6.37. The summed E-state index contributed by atoms with van der Waals surface area (Å²) >= 11 is 3.17. The first-order valence-corrected chi connectivity index (χ1v) is 11.0. The van der Waals surface area contributed by atoms with E-state index < -0.39 is 38.7 Å². The molecule has 152 valence electrons. The summed E-state index contributed by atoms with van der Waals surface area (Å²) in [6, 6.07) is 7.65. The second-order valence-electron chi connectivity index (χ2n) is 6.43. The summed E-state index contributed by atoms with van der Waals surface area (Å²) in [6.07, 6.45) is -2.28. The fourth-order valence-corrected chi connectivity index (χ4v) is 4.86. The van der Waals surface area contributed by atoms with Gasteiger partial charge in [0.05, 0.1) is 21.4 Å². The second kappa shape index (κ2) is 7.72. The van der Waals surface area contributed by atoms with E-state index in [1.807, 2.05) is 0 Å². The number of hydrogen-bond donors (Lipinski definition) is 0. The number of nitrogens with zero attached hydrogens (tertiary/aromatic N) is 1. The predicted octanol–water partition coefficient (Wildman–Crippen LogP) is 4.29. The van der Waals surface area contributed by atoms with Crippen LogP contribution in [-0.4, -0.2) is 26.8 Å². The van der Waals surface area contributed by atoms with Gasteiger partial charge in [0, 0.05) is 30.4 Å². The molecule has 6 nitrogen and oxygen atoms in total. The maximum Gasteiger partial charge on any atom is 0.303 e. The number of sulfone groups is 1. The largest absolute Gasteiger partial charge is 0.457 e. The fourth-order valence-electron chi connectivity index (χ4n) is 3.17. The van der Waals surface area contributed by atoms with Crippen LogP contribution in [0.2, 0.25) is 0 Å². The molecule has 0 aliphatic heterocycles. The number of esters is 1. The van der Waals surface area contributed by atoms with E-state index >= 15 is 0 Å². The molecule has 3 rings (SSSR count). The van der Waals surface area contributed by atoms with Gasteiger partial charge < -0.3 is 9.47 Å². The summed E-state index contributed by atoms with van der Waals surface area (Å²) in [5.41, 5.74) is 0.113. The number of benzene rings is 2. The van der Waals surface area contributed by atoms with Crippen molar-refractivity contribution in [2.75, 3.05) is 6.26 Å². The van der Waals surface area contributed by atoms with Crippen LogP contribution >= 0.6 is 15.9 Å². The lowest BCUT2D eigenvalue weighted by molar-refractivity contribution is -0.149. The average Bonchev–Trinajstić information content (AvgIpc) is 2.85. The molecular weight excluding hydrogens is 472 g/mol. The molecular formula is C19H14BrF2NO5S. The number of rotatable bonds is 4. The summed E-state index contributed by atoms with van der Waals surface area (Å²) in [5, 5.41) is 8.98. The molecule has 2 aromatic carbocycles. The molecule has 29 heavy (non-hydrogen) atoms. The van der Waals surface area contributed by atoms with Crippen molar-refractivity contribution >= 4 is 31.7 Å². The van der Waals surface area contributed by atoms with Gasteiger partial charge in [-0.25, -0.2) is 17.2 Å². The van der Waals surface area contributed by atoms with Crippen LogP contribution in [0.3, 0.4) is 0 Å². The van der Waals surface area contributed by atoms with Gasteiger partial charge in [0.1, 0.15) is 17.3 Å². The molecule has 2 aromatic rings. The number of ether oxygens (including phenoxy) is 2. The molecule has 1 aliphatic rings. The first-order chi connectivity index (χ1) is 13.5. The first kappa shape index (κ1) is 21.2. The fraction of sp³-hybridized carbons (Fsp3) is 0.263. The summed E-state index contributed by atoms with van der Waals surface area (Å²) < 4.78 is 63.8. The van der Waals surface area contributed by atoms with Gasteiger partial charge in [-0.3, -0.25) is 4.79 Å². The Labute approximate surface area is 174 Å². The lowest BCUT2D eigenvalue weighted by Crippen LogP contribution is -2.17. The van der Waals surface area contributed by atoms with Crippen LogP contribution in [0.4, 0.5) is 8.78 Å². The normalized spacial score (nSPS) is 20.6. The third-order valence-electron chi connectivity index (χ3n) is 4.26. The number of hydrogen-bond acceptors (Lipinski definition) is 6. The van der Waals surface area contributed by atoms with Crippen molar-refractivity contribution in [1.82, 2.24) is 0 Å². The van der Waals surface area contributed by atoms with Crippen molar-refractivity contribution in [2.24, 2.45) is 0 Å². The summed E-state index contributed by atoms with van der Waals surface area (Å²) in [6.45, 7) is 1.09. The van der Waals surface area contributed by atoms with Crippen molar-refractivity contribution in [3.8, 4) is 17.6 Å². The molecule has 0 radical (unpaired) electrons. The van der Waals surface area contributed by atoms with Gasteiger partial charge >= 0.3 is 5.97 Å². The monoisotopic (exact) mass is 485 g/mol. The van der Waals surface area contributed by atoms with E-state index in [9.17, 15) is 22.0 Å². The first-order valence-electron chi connectivity index (χ1n) is 8.23. The number of carbonyl (C=O) groups is 1. The Bertz CT molecular complexity index is 1150. The molecule has 0 N–H and O–H groups in total. The quantitative estimate of drug-likeness (QED) is 0.473. The van der Waals surface area contributed by atoms with Crippen LogP contribution in [0.25, 0.3) is 0 Å². The zero-order valence-corrected chi connectivity index (χ0v) is 17.6. The van der Waals surface area contributed by atoms with Gasteiger partial charge in [-0.15, -0.1) is 0 Å². The van der Waals surface area contributed by atoms with Gasteiger partial charge in [0.2, 0.25) is 0 Å². The summed E-state index contributed by atoms with van der Waals surface area (Å²) in [4.78, 5) is 10.2. The molecule has 0 saturated carbocycles. The Hall–Kier alpha value is -2.51. The van der Waals surface area contributed by atoms with Crippen LogP contribution in [0, 0.1) is 17.1 Å². The number of alkyl halides is 2. The maximum absolute atomic E-state index is 14.9. The highest BCUT2D eigenvalue weighted by atomic mass is 79.9. The van der Waals surface area contributed by atoms with Crippen LogP contribution < -0.4 is 4.74 Å². The SMILES string of the molecule is CC(=O)O[C@H]1c2c(S(C)(=O)=O)ccc(Oc3cc(F)cc(C#N)c3)c2[C@H](Br)[C@H]1F. The second-order valence-corrected chi connectivity index (χ2v) is 9.40. The van der Waals surface area contributed by atoms with E-state index in [-0.39, 0.29) is 33.1 Å². The highest BCUT2D eigenvalue weighted by Gasteiger charge is 2.47. The molecule has 0 aromatic heterocycles. The molecule has 0 spiro atoms. The van der Waals surface area contributed by atoms with Crippen molar-refractivity contribution in [2.45, 2.75) is 28.9 Å². The Kier molecular flexibility index (Phi) is 5.65.